The Balaban J connectivity index is 1.51. The fourth-order valence-corrected chi connectivity index (χ4v) is 4.76. The van der Waals surface area contributed by atoms with Gasteiger partial charge in [0.05, 0.1) is 21.2 Å². The van der Waals surface area contributed by atoms with Crippen molar-refractivity contribution in [1.29, 1.82) is 0 Å². The molecule has 0 aliphatic carbocycles. The lowest BCUT2D eigenvalue weighted by Gasteiger charge is -2.41. The summed E-state index contributed by atoms with van der Waals surface area (Å²) >= 11 is 14.2. The molecule has 2 N–H and O–H groups in total. The zero-order valence-electron chi connectivity index (χ0n) is 12.5. The third-order valence-corrected chi connectivity index (χ3v) is 5.86. The Morgan fingerprint density at radius 2 is 2.17 bits per heavy atom. The van der Waals surface area contributed by atoms with Gasteiger partial charge in [-0.1, -0.05) is 23.2 Å². The van der Waals surface area contributed by atoms with Crippen molar-refractivity contribution < 1.29 is 4.79 Å². The Bertz CT molecular complexity index is 787. The van der Waals surface area contributed by atoms with Crippen LogP contribution in [-0.2, 0) is 11.3 Å². The third kappa shape index (κ3) is 2.67. The largest absolute Gasteiger partial charge is 0.358 e. The Labute approximate surface area is 148 Å². The van der Waals surface area contributed by atoms with Crippen molar-refractivity contribution >= 4 is 57.8 Å². The molecule has 3 heterocycles. The van der Waals surface area contributed by atoms with E-state index in [0.717, 1.165) is 48.3 Å². The number of nitrogens with zero attached hydrogens (tertiary/aromatic N) is 2. The average Bonchev–Trinajstić information content (AvgIpc) is 2.84. The molecule has 0 atom stereocenters. The second kappa shape index (κ2) is 5.77. The number of likely N-dealkylation sites (tertiary alicyclic amines) is 1. The van der Waals surface area contributed by atoms with Gasteiger partial charge in [0.2, 0.25) is 5.91 Å². The normalized spacial score (nSPS) is 18.7. The van der Waals surface area contributed by atoms with E-state index in [9.17, 15) is 4.79 Å². The van der Waals surface area contributed by atoms with Gasteiger partial charge in [0.25, 0.3) is 0 Å². The van der Waals surface area contributed by atoms with Crippen LogP contribution in [0.25, 0.3) is 10.9 Å². The van der Waals surface area contributed by atoms with E-state index in [1.807, 2.05) is 11.0 Å². The monoisotopic (exact) mass is 370 g/mol. The van der Waals surface area contributed by atoms with Crippen molar-refractivity contribution in [3.63, 3.8) is 0 Å². The Morgan fingerprint density at radius 1 is 1.39 bits per heavy atom. The topological polar surface area (TPSA) is 51.4 Å². The smallest absolute Gasteiger partial charge is 0.219 e. The van der Waals surface area contributed by atoms with E-state index in [2.05, 4.69) is 14.0 Å². The number of benzene rings is 1. The van der Waals surface area contributed by atoms with Crippen LogP contribution in [0.3, 0.4) is 0 Å². The Kier molecular flexibility index (Phi) is 3.88. The van der Waals surface area contributed by atoms with Gasteiger partial charge < -0.3 is 14.6 Å². The van der Waals surface area contributed by atoms with E-state index in [1.165, 1.54) is 0 Å². The predicted molar refractivity (Wildman–Crippen MR) is 95.7 cm³/mol. The summed E-state index contributed by atoms with van der Waals surface area (Å²) in [5.74, 6) is 0.697. The van der Waals surface area contributed by atoms with Gasteiger partial charge in [-0.2, -0.15) is 0 Å². The predicted octanol–water partition coefficient (Wildman–Crippen LogP) is 3.74. The first-order chi connectivity index (χ1) is 11.0. The summed E-state index contributed by atoms with van der Waals surface area (Å²) in [4.78, 5) is 16.3. The van der Waals surface area contributed by atoms with Crippen LogP contribution in [0, 0.1) is 5.92 Å². The maximum Gasteiger partial charge on any atom is 0.219 e. The molecule has 1 aromatic heterocycles. The zero-order valence-corrected chi connectivity index (χ0v) is 14.9. The minimum Gasteiger partial charge on any atom is -0.358 e. The molecule has 2 aliphatic heterocycles. The number of rotatable bonds is 2. The van der Waals surface area contributed by atoms with Gasteiger partial charge in [-0.25, -0.2) is 4.31 Å². The number of halogens is 2. The quantitative estimate of drug-likeness (QED) is 0.790. The number of fused-ring (bicyclic) bond motifs is 3. The summed E-state index contributed by atoms with van der Waals surface area (Å²) < 4.78 is 5.67. The molecular weight excluding hydrogens is 355 g/mol. The molecule has 0 radical (unpaired) electrons. The van der Waals surface area contributed by atoms with E-state index in [1.54, 1.807) is 25.3 Å². The molecule has 23 heavy (non-hydrogen) atoms. The van der Waals surface area contributed by atoms with Crippen LogP contribution in [0.4, 0.5) is 5.69 Å². The number of nitrogens with one attached hydrogen (secondary N) is 2. The van der Waals surface area contributed by atoms with Crippen LogP contribution in [0.5, 0.6) is 0 Å². The number of carbonyl (C=O) groups is 1. The van der Waals surface area contributed by atoms with Crippen LogP contribution >= 0.6 is 35.3 Å². The van der Waals surface area contributed by atoms with Gasteiger partial charge in [-0.05, 0) is 11.6 Å². The minimum atomic E-state index is 0.161. The van der Waals surface area contributed by atoms with Gasteiger partial charge >= 0.3 is 0 Å². The van der Waals surface area contributed by atoms with Gasteiger partial charge in [-0.15, -0.1) is 0 Å². The molecule has 0 saturated carbocycles. The maximum atomic E-state index is 11.3. The standard InChI is InChI=1S/C15H16Cl2N4OS/c1-8(22)20-4-9(5-20)6-21-7-10-2-11(16)13-12(17)3-18-15(13)14(10)19-23-21/h2-3,9,18-19H,4-7H2,1H3. The number of H-pyrrole nitrogens is 1. The molecule has 0 unspecified atom stereocenters. The number of aromatic amines is 1. The van der Waals surface area contributed by atoms with Crippen LogP contribution in [0.2, 0.25) is 10.0 Å². The van der Waals surface area contributed by atoms with E-state index in [-0.39, 0.29) is 5.91 Å². The second-order valence-electron chi connectivity index (χ2n) is 6.08. The Hall–Kier alpha value is -1.08. The number of hydrogen-bond donors (Lipinski definition) is 2. The highest BCUT2D eigenvalue weighted by Crippen LogP contribution is 2.41. The minimum absolute atomic E-state index is 0.161. The fraction of sp³-hybridized carbons (Fsp3) is 0.400. The molecule has 5 nitrogen and oxygen atoms in total. The molecule has 122 valence electrons. The first-order valence-electron chi connectivity index (χ1n) is 7.44. The molecule has 1 amide bonds. The van der Waals surface area contributed by atoms with E-state index in [0.29, 0.717) is 16.0 Å². The van der Waals surface area contributed by atoms with Gasteiger partial charge in [0.1, 0.15) is 0 Å². The van der Waals surface area contributed by atoms with Gasteiger partial charge in [-0.3, -0.25) is 4.79 Å². The number of aromatic nitrogens is 1. The third-order valence-electron chi connectivity index (χ3n) is 4.43. The first-order valence-corrected chi connectivity index (χ1v) is 8.97. The lowest BCUT2D eigenvalue weighted by atomic mass is 10.00. The number of anilines is 1. The SMILES string of the molecule is CC(=O)N1CC(CN2Cc3cc(Cl)c4c(Cl)c[nH]c4c3NS2)C1. The average molecular weight is 371 g/mol. The van der Waals surface area contributed by atoms with Gasteiger partial charge in [0, 0.05) is 62.7 Å². The highest BCUT2D eigenvalue weighted by atomic mass is 35.5. The van der Waals surface area contributed by atoms with Gasteiger partial charge in [0.15, 0.2) is 0 Å². The molecule has 0 bridgehead atoms. The van der Waals surface area contributed by atoms with Crippen molar-refractivity contribution in [1.82, 2.24) is 14.2 Å². The molecule has 1 fully saturated rings. The maximum absolute atomic E-state index is 11.3. The lowest BCUT2D eigenvalue weighted by Crippen LogP contribution is -2.52. The second-order valence-corrected chi connectivity index (χ2v) is 7.80. The molecule has 2 aromatic rings. The molecule has 2 aliphatic rings. The zero-order chi connectivity index (χ0) is 16.1. The van der Waals surface area contributed by atoms with Crippen LogP contribution < -0.4 is 4.72 Å². The fourth-order valence-electron chi connectivity index (χ4n) is 3.19. The van der Waals surface area contributed by atoms with Crippen molar-refractivity contribution in [2.24, 2.45) is 5.92 Å². The van der Waals surface area contributed by atoms with Crippen LogP contribution in [-0.4, -0.2) is 39.7 Å². The van der Waals surface area contributed by atoms with Crippen molar-refractivity contribution in [3.05, 3.63) is 27.9 Å². The van der Waals surface area contributed by atoms with Crippen molar-refractivity contribution in [3.8, 4) is 0 Å². The molecule has 4 rings (SSSR count). The molecular formula is C15H16Cl2N4OS. The highest BCUT2D eigenvalue weighted by molar-refractivity contribution is 7.98. The van der Waals surface area contributed by atoms with Crippen LogP contribution in [0.1, 0.15) is 12.5 Å². The first kappa shape index (κ1) is 15.4. The molecule has 1 saturated heterocycles. The summed E-state index contributed by atoms with van der Waals surface area (Å²) in [6.07, 6.45) is 1.77. The number of amides is 1. The van der Waals surface area contributed by atoms with E-state index in [4.69, 9.17) is 23.2 Å². The lowest BCUT2D eigenvalue weighted by molar-refractivity contribution is -0.135. The van der Waals surface area contributed by atoms with Crippen molar-refractivity contribution in [2.45, 2.75) is 13.5 Å². The molecule has 0 spiro atoms. The Morgan fingerprint density at radius 3 is 2.91 bits per heavy atom. The summed E-state index contributed by atoms with van der Waals surface area (Å²) in [6, 6.07) is 1.99. The molecule has 1 aromatic carbocycles. The van der Waals surface area contributed by atoms with E-state index >= 15 is 0 Å². The number of carbonyl (C=O) groups excluding carboxylic acids is 1. The van der Waals surface area contributed by atoms with Crippen LogP contribution in [0.15, 0.2) is 12.3 Å². The summed E-state index contributed by atoms with van der Waals surface area (Å²) in [7, 11) is 0. The summed E-state index contributed by atoms with van der Waals surface area (Å²) in [6.45, 7) is 5.09. The molecule has 8 heteroatoms. The summed E-state index contributed by atoms with van der Waals surface area (Å²) in [5, 5.41) is 2.18. The summed E-state index contributed by atoms with van der Waals surface area (Å²) in [5.41, 5.74) is 3.16. The van der Waals surface area contributed by atoms with Crippen molar-refractivity contribution in [2.75, 3.05) is 24.4 Å². The van der Waals surface area contributed by atoms with E-state index < -0.39 is 0 Å². The highest BCUT2D eigenvalue weighted by Gasteiger charge is 2.32. The number of hydrogen-bond acceptors (Lipinski definition) is 4.